The van der Waals surface area contributed by atoms with Gasteiger partial charge in [-0.25, -0.2) is 4.79 Å². The number of nitrogens with zero attached hydrogens (tertiary/aromatic N) is 2. The number of hydrogen-bond donors (Lipinski definition) is 2. The quantitative estimate of drug-likeness (QED) is 0.808. The van der Waals surface area contributed by atoms with Gasteiger partial charge in [0.25, 0.3) is 0 Å². The van der Waals surface area contributed by atoms with E-state index in [2.05, 4.69) is 10.2 Å². The molecule has 0 aliphatic carbocycles. The number of aromatic carboxylic acids is 1. The summed E-state index contributed by atoms with van der Waals surface area (Å²) in [6.07, 6.45) is 0. The smallest absolute Gasteiger partial charge is 0.360 e. The highest BCUT2D eigenvalue weighted by atomic mass is 16.5. The van der Waals surface area contributed by atoms with Crippen LogP contribution in [0.3, 0.4) is 0 Å². The Hall–Kier alpha value is -2.21. The van der Waals surface area contributed by atoms with Gasteiger partial charge in [0.05, 0.1) is 12.1 Å². The summed E-state index contributed by atoms with van der Waals surface area (Å²) in [5, 5.41) is 25.7. The highest BCUT2D eigenvalue weighted by Crippen LogP contribution is 2.26. The first-order valence-corrected chi connectivity index (χ1v) is 4.96. The molecule has 0 amide bonds. The van der Waals surface area contributed by atoms with Crippen LogP contribution in [0.1, 0.15) is 10.5 Å². The van der Waals surface area contributed by atoms with Crippen LogP contribution in [0.15, 0.2) is 24.3 Å². The van der Waals surface area contributed by atoms with Gasteiger partial charge < -0.3 is 14.9 Å². The zero-order valence-corrected chi connectivity index (χ0v) is 8.83. The fourth-order valence-electron chi connectivity index (χ4n) is 1.46. The summed E-state index contributed by atoms with van der Waals surface area (Å²) in [4.78, 5) is 11.0. The Bertz CT molecular complexity index is 556. The molecule has 0 unspecified atom stereocenters. The fourth-order valence-corrected chi connectivity index (χ4v) is 1.46. The molecule has 0 saturated heterocycles. The molecule has 0 aliphatic heterocycles. The number of benzene rings is 1. The second-order valence-corrected chi connectivity index (χ2v) is 3.27. The Morgan fingerprint density at radius 1 is 1.29 bits per heavy atom. The van der Waals surface area contributed by atoms with Crippen LogP contribution >= 0.6 is 0 Å². The van der Waals surface area contributed by atoms with Crippen molar-refractivity contribution >= 4 is 16.9 Å². The molecule has 6 nitrogen and oxygen atoms in total. The van der Waals surface area contributed by atoms with E-state index in [-0.39, 0.29) is 24.7 Å². The monoisotopic (exact) mass is 234 g/mol. The summed E-state index contributed by atoms with van der Waals surface area (Å²) in [7, 11) is 0. The minimum Gasteiger partial charge on any atom is -0.488 e. The first-order valence-electron chi connectivity index (χ1n) is 4.96. The predicted octanol–water partition coefficient (Wildman–Crippen LogP) is 0.699. The Balaban J connectivity index is 2.61. The second-order valence-electron chi connectivity index (χ2n) is 3.27. The van der Waals surface area contributed by atoms with E-state index in [1.54, 1.807) is 24.3 Å². The van der Waals surface area contributed by atoms with Crippen molar-refractivity contribution in [1.29, 1.82) is 0 Å². The van der Waals surface area contributed by atoms with E-state index < -0.39 is 5.97 Å². The van der Waals surface area contributed by atoms with Crippen LogP contribution in [-0.2, 0) is 0 Å². The van der Waals surface area contributed by atoms with Crippen LogP contribution in [0.4, 0.5) is 0 Å². The van der Waals surface area contributed by atoms with Crippen LogP contribution in [0.25, 0.3) is 10.9 Å². The maximum Gasteiger partial charge on any atom is 0.360 e. The first-order chi connectivity index (χ1) is 8.24. The number of ether oxygens (including phenoxy) is 1. The van der Waals surface area contributed by atoms with E-state index in [0.717, 1.165) is 0 Å². The summed E-state index contributed by atoms with van der Waals surface area (Å²) in [6, 6.07) is 6.93. The number of carboxylic acids is 1. The van der Waals surface area contributed by atoms with Gasteiger partial charge in [-0.1, -0.05) is 12.1 Å². The summed E-state index contributed by atoms with van der Waals surface area (Å²) in [5.74, 6) is -1.08. The highest BCUT2D eigenvalue weighted by molar-refractivity contribution is 5.96. The van der Waals surface area contributed by atoms with Gasteiger partial charge in [0.2, 0.25) is 5.69 Å². The van der Waals surface area contributed by atoms with Crippen LogP contribution in [-0.4, -0.2) is 39.6 Å². The molecule has 2 N–H and O–H groups in total. The topological polar surface area (TPSA) is 92.5 Å². The molecular formula is C11H10N2O4. The fraction of sp³-hybridized carbons (Fsp3) is 0.182. The molecule has 17 heavy (non-hydrogen) atoms. The molecule has 0 bridgehead atoms. The summed E-state index contributed by atoms with van der Waals surface area (Å²) in [5.41, 5.74) is 0.294. The highest BCUT2D eigenvalue weighted by Gasteiger charge is 2.17. The lowest BCUT2D eigenvalue weighted by Gasteiger charge is -2.09. The second kappa shape index (κ2) is 4.75. The third-order valence-corrected chi connectivity index (χ3v) is 2.16. The predicted molar refractivity (Wildman–Crippen MR) is 59.1 cm³/mol. The molecule has 1 aromatic carbocycles. The van der Waals surface area contributed by atoms with Crippen LogP contribution in [0.5, 0.6) is 5.75 Å². The largest absolute Gasteiger partial charge is 0.488 e. The van der Waals surface area contributed by atoms with Gasteiger partial charge in [0.15, 0.2) is 5.75 Å². The van der Waals surface area contributed by atoms with Crippen LogP contribution in [0, 0.1) is 0 Å². The summed E-state index contributed by atoms with van der Waals surface area (Å²) in [6.45, 7) is -0.189. The molecule has 1 heterocycles. The van der Waals surface area contributed by atoms with E-state index in [0.29, 0.717) is 10.9 Å². The number of rotatable bonds is 4. The molecule has 6 heteroatoms. The molecule has 0 saturated carbocycles. The van der Waals surface area contributed by atoms with E-state index in [1.165, 1.54) is 0 Å². The molecule has 1 aromatic heterocycles. The Kier molecular flexibility index (Phi) is 3.15. The lowest BCUT2D eigenvalue weighted by molar-refractivity contribution is 0.0683. The standard InChI is InChI=1S/C11H10N2O4/c14-5-6-17-10-7-3-1-2-4-8(7)12-13-9(10)11(15)16/h1-4,14H,5-6H2,(H,15,16). The zero-order valence-electron chi connectivity index (χ0n) is 8.83. The van der Waals surface area contributed by atoms with Crippen molar-refractivity contribution in [3.8, 4) is 5.75 Å². The minimum absolute atomic E-state index is 0.00989. The van der Waals surface area contributed by atoms with Crippen molar-refractivity contribution in [3.63, 3.8) is 0 Å². The number of aliphatic hydroxyl groups excluding tert-OH is 1. The number of hydrogen-bond acceptors (Lipinski definition) is 5. The van der Waals surface area contributed by atoms with Crippen molar-refractivity contribution in [2.75, 3.05) is 13.2 Å². The van der Waals surface area contributed by atoms with E-state index in [9.17, 15) is 4.79 Å². The van der Waals surface area contributed by atoms with Gasteiger partial charge in [-0.3, -0.25) is 0 Å². The number of carbonyl (C=O) groups is 1. The first kappa shape index (κ1) is 11.3. The van der Waals surface area contributed by atoms with Crippen molar-refractivity contribution in [1.82, 2.24) is 10.2 Å². The molecule has 0 aliphatic rings. The molecule has 2 rings (SSSR count). The maximum absolute atomic E-state index is 11.0. The maximum atomic E-state index is 11.0. The van der Waals surface area contributed by atoms with Crippen molar-refractivity contribution < 1.29 is 19.7 Å². The van der Waals surface area contributed by atoms with E-state index >= 15 is 0 Å². The van der Waals surface area contributed by atoms with Crippen LogP contribution in [0.2, 0.25) is 0 Å². The lowest BCUT2D eigenvalue weighted by Crippen LogP contribution is -2.10. The third kappa shape index (κ3) is 2.16. The third-order valence-electron chi connectivity index (χ3n) is 2.16. The van der Waals surface area contributed by atoms with Crippen molar-refractivity contribution in [2.24, 2.45) is 0 Å². The Labute approximate surface area is 96.5 Å². The zero-order chi connectivity index (χ0) is 12.3. The Morgan fingerprint density at radius 3 is 2.76 bits per heavy atom. The molecule has 0 atom stereocenters. The normalized spacial score (nSPS) is 10.4. The average molecular weight is 234 g/mol. The molecule has 0 fully saturated rings. The van der Waals surface area contributed by atoms with Crippen molar-refractivity contribution in [2.45, 2.75) is 0 Å². The number of carboxylic acid groups (broad SMARTS) is 1. The van der Waals surface area contributed by atoms with Gasteiger partial charge >= 0.3 is 5.97 Å². The van der Waals surface area contributed by atoms with E-state index in [1.807, 2.05) is 0 Å². The molecule has 2 aromatic rings. The van der Waals surface area contributed by atoms with Gasteiger partial charge in [-0.05, 0) is 12.1 Å². The van der Waals surface area contributed by atoms with Crippen molar-refractivity contribution in [3.05, 3.63) is 30.0 Å². The number of aromatic nitrogens is 2. The molecule has 88 valence electrons. The summed E-state index contributed by atoms with van der Waals surface area (Å²) < 4.78 is 5.23. The number of fused-ring (bicyclic) bond motifs is 1. The number of aliphatic hydroxyl groups is 1. The molecular weight excluding hydrogens is 224 g/mol. The van der Waals surface area contributed by atoms with Gasteiger partial charge in [0, 0.05) is 5.39 Å². The molecule has 0 radical (unpaired) electrons. The summed E-state index contributed by atoms with van der Waals surface area (Å²) >= 11 is 0. The molecule has 0 spiro atoms. The van der Waals surface area contributed by atoms with Crippen LogP contribution < -0.4 is 4.74 Å². The SMILES string of the molecule is O=C(O)c1nnc2ccccc2c1OCCO. The van der Waals surface area contributed by atoms with Gasteiger partial charge in [0.1, 0.15) is 6.61 Å². The van der Waals surface area contributed by atoms with Gasteiger partial charge in [-0.15, -0.1) is 10.2 Å². The van der Waals surface area contributed by atoms with E-state index in [4.69, 9.17) is 14.9 Å². The average Bonchev–Trinajstić information content (AvgIpc) is 2.35. The minimum atomic E-state index is -1.21. The Morgan fingerprint density at radius 2 is 2.06 bits per heavy atom. The van der Waals surface area contributed by atoms with Gasteiger partial charge in [-0.2, -0.15) is 0 Å². The lowest BCUT2D eigenvalue weighted by atomic mass is 10.2.